The Morgan fingerprint density at radius 3 is 3.14 bits per heavy atom. The minimum Gasteiger partial charge on any atom is -0.487 e. The summed E-state index contributed by atoms with van der Waals surface area (Å²) in [6.45, 7) is 3.37. The third-order valence-electron chi connectivity index (χ3n) is 3.64. The molecule has 0 aromatic carbocycles. The Kier molecular flexibility index (Phi) is 4.64. The van der Waals surface area contributed by atoms with Crippen LogP contribution in [0.2, 0.25) is 5.02 Å². The first-order valence-corrected chi connectivity index (χ1v) is 8.50. The second-order valence-corrected chi connectivity index (χ2v) is 6.75. The maximum Gasteiger partial charge on any atom is 0.264 e. The highest BCUT2D eigenvalue weighted by molar-refractivity contribution is 7.12. The zero-order valence-corrected chi connectivity index (χ0v) is 13.9. The summed E-state index contributed by atoms with van der Waals surface area (Å²) in [4.78, 5) is 19.1. The van der Waals surface area contributed by atoms with E-state index in [9.17, 15) is 4.79 Å². The zero-order valence-electron chi connectivity index (χ0n) is 12.3. The number of pyridine rings is 1. The molecule has 1 fully saturated rings. The largest absolute Gasteiger partial charge is 0.487 e. The number of thiophene rings is 1. The molecule has 0 spiro atoms. The predicted octanol–water partition coefficient (Wildman–Crippen LogP) is 3.79. The van der Waals surface area contributed by atoms with Crippen molar-refractivity contribution in [2.75, 3.05) is 13.1 Å². The molecular weight excluding hydrogens is 320 g/mol. The number of carbonyl (C=O) groups excluding carboxylic acids is 1. The van der Waals surface area contributed by atoms with Crippen LogP contribution in [0.15, 0.2) is 29.9 Å². The van der Waals surface area contributed by atoms with Gasteiger partial charge in [-0.3, -0.25) is 9.78 Å². The lowest BCUT2D eigenvalue weighted by atomic mass is 10.1. The fraction of sp³-hybridized carbons (Fsp3) is 0.375. The van der Waals surface area contributed by atoms with E-state index in [1.54, 1.807) is 18.5 Å². The van der Waals surface area contributed by atoms with Gasteiger partial charge in [-0.1, -0.05) is 11.6 Å². The van der Waals surface area contributed by atoms with Crippen molar-refractivity contribution in [2.24, 2.45) is 0 Å². The van der Waals surface area contributed by atoms with E-state index in [-0.39, 0.29) is 12.0 Å². The third-order valence-corrected chi connectivity index (χ3v) is 4.96. The highest BCUT2D eigenvalue weighted by atomic mass is 35.5. The fourth-order valence-corrected chi connectivity index (χ4v) is 3.58. The van der Waals surface area contributed by atoms with Crippen molar-refractivity contribution in [1.29, 1.82) is 0 Å². The van der Waals surface area contributed by atoms with E-state index >= 15 is 0 Å². The van der Waals surface area contributed by atoms with Crippen molar-refractivity contribution < 1.29 is 9.53 Å². The number of carbonyl (C=O) groups is 1. The molecule has 1 aliphatic rings. The van der Waals surface area contributed by atoms with E-state index in [0.29, 0.717) is 17.3 Å². The van der Waals surface area contributed by atoms with Gasteiger partial charge in [0.15, 0.2) is 0 Å². The maximum atomic E-state index is 12.5. The maximum absolute atomic E-state index is 12.5. The van der Waals surface area contributed by atoms with Gasteiger partial charge >= 0.3 is 0 Å². The number of likely N-dealkylation sites (tertiary alicyclic amines) is 1. The van der Waals surface area contributed by atoms with Crippen molar-refractivity contribution in [1.82, 2.24) is 9.88 Å². The van der Waals surface area contributed by atoms with E-state index in [1.165, 1.54) is 11.3 Å². The van der Waals surface area contributed by atoms with E-state index in [4.69, 9.17) is 16.3 Å². The summed E-state index contributed by atoms with van der Waals surface area (Å²) in [5.74, 6) is 0.718. The van der Waals surface area contributed by atoms with Crippen molar-refractivity contribution in [3.05, 3.63) is 45.4 Å². The summed E-state index contributed by atoms with van der Waals surface area (Å²) in [6, 6.07) is 3.70. The summed E-state index contributed by atoms with van der Waals surface area (Å²) in [5.41, 5.74) is 1.13. The summed E-state index contributed by atoms with van der Waals surface area (Å²) in [5, 5.41) is 2.50. The molecule has 3 rings (SSSR count). The van der Waals surface area contributed by atoms with Crippen LogP contribution in [0.25, 0.3) is 0 Å². The van der Waals surface area contributed by atoms with Gasteiger partial charge in [-0.05, 0) is 36.8 Å². The lowest BCUT2D eigenvalue weighted by Crippen LogP contribution is -2.44. The van der Waals surface area contributed by atoms with Crippen LogP contribution in [-0.2, 0) is 0 Å². The first kappa shape index (κ1) is 15.3. The molecular formula is C16H17ClN2O2S. The lowest BCUT2D eigenvalue weighted by Gasteiger charge is -2.32. The lowest BCUT2D eigenvalue weighted by molar-refractivity contribution is 0.0542. The van der Waals surface area contributed by atoms with Gasteiger partial charge in [-0.15, -0.1) is 11.3 Å². The highest BCUT2D eigenvalue weighted by Crippen LogP contribution is 2.26. The molecule has 0 aliphatic carbocycles. The summed E-state index contributed by atoms with van der Waals surface area (Å²) in [6.07, 6.45) is 5.05. The minimum atomic E-state index is -0.0290. The number of halogens is 1. The number of hydrogen-bond donors (Lipinski definition) is 0. The van der Waals surface area contributed by atoms with Crippen LogP contribution >= 0.6 is 22.9 Å². The van der Waals surface area contributed by atoms with Gasteiger partial charge in [0.25, 0.3) is 5.91 Å². The molecule has 1 aliphatic heterocycles. The van der Waals surface area contributed by atoms with Crippen LogP contribution in [0.1, 0.15) is 28.1 Å². The molecule has 116 valence electrons. The van der Waals surface area contributed by atoms with Crippen LogP contribution < -0.4 is 4.74 Å². The highest BCUT2D eigenvalue weighted by Gasteiger charge is 2.26. The Labute approximate surface area is 138 Å². The average molecular weight is 337 g/mol. The molecule has 2 aromatic rings. The fourth-order valence-electron chi connectivity index (χ4n) is 2.56. The first-order valence-electron chi connectivity index (χ1n) is 7.24. The number of aryl methyl sites for hydroxylation is 1. The van der Waals surface area contributed by atoms with Crippen molar-refractivity contribution in [2.45, 2.75) is 25.9 Å². The molecule has 0 bridgehead atoms. The van der Waals surface area contributed by atoms with Crippen LogP contribution in [0, 0.1) is 6.92 Å². The number of ether oxygens (including phenoxy) is 1. The van der Waals surface area contributed by atoms with Gasteiger partial charge in [0.05, 0.1) is 11.4 Å². The van der Waals surface area contributed by atoms with E-state index in [0.717, 1.165) is 29.8 Å². The number of hydrogen-bond acceptors (Lipinski definition) is 4. The monoisotopic (exact) mass is 336 g/mol. The van der Waals surface area contributed by atoms with Crippen molar-refractivity contribution in [3.63, 3.8) is 0 Å². The molecule has 1 saturated heterocycles. The third kappa shape index (κ3) is 3.42. The Morgan fingerprint density at radius 2 is 2.41 bits per heavy atom. The minimum absolute atomic E-state index is 0.0290. The summed E-state index contributed by atoms with van der Waals surface area (Å²) in [7, 11) is 0. The smallest absolute Gasteiger partial charge is 0.264 e. The second-order valence-electron chi connectivity index (χ2n) is 5.43. The molecule has 3 heterocycles. The molecule has 2 aromatic heterocycles. The van der Waals surface area contributed by atoms with Gasteiger partial charge < -0.3 is 9.64 Å². The van der Waals surface area contributed by atoms with Crippen LogP contribution in [0.5, 0.6) is 5.75 Å². The predicted molar refractivity (Wildman–Crippen MR) is 87.9 cm³/mol. The first-order chi connectivity index (χ1) is 10.6. The molecule has 0 unspecified atom stereocenters. The molecule has 0 N–H and O–H groups in total. The summed E-state index contributed by atoms with van der Waals surface area (Å²) < 4.78 is 5.95. The number of rotatable bonds is 3. The Hall–Kier alpha value is -1.59. The Balaban J connectivity index is 1.67. The van der Waals surface area contributed by atoms with E-state index in [1.807, 2.05) is 23.3 Å². The van der Waals surface area contributed by atoms with Crippen LogP contribution in [0.3, 0.4) is 0 Å². The quantitative estimate of drug-likeness (QED) is 0.856. The van der Waals surface area contributed by atoms with Gasteiger partial charge in [0, 0.05) is 25.0 Å². The molecule has 0 radical (unpaired) electrons. The summed E-state index contributed by atoms with van der Waals surface area (Å²) >= 11 is 7.57. The molecule has 1 amide bonds. The van der Waals surface area contributed by atoms with Gasteiger partial charge in [0.1, 0.15) is 16.9 Å². The standard InChI is InChI=1S/C16H17ClN2O2S/c1-11-7-15(22-10-11)16(20)19-6-2-3-12(9-19)21-14-4-5-18-8-13(14)17/h4-5,7-8,10,12H,2-3,6,9H2,1H3/t12-/m1/s1. The Morgan fingerprint density at radius 1 is 1.55 bits per heavy atom. The number of amides is 1. The Bertz CT molecular complexity index is 674. The van der Waals surface area contributed by atoms with Gasteiger partial charge in [-0.25, -0.2) is 0 Å². The molecule has 22 heavy (non-hydrogen) atoms. The zero-order chi connectivity index (χ0) is 15.5. The number of nitrogens with zero attached hydrogens (tertiary/aromatic N) is 2. The average Bonchev–Trinajstić information content (AvgIpc) is 2.96. The number of aromatic nitrogens is 1. The van der Waals surface area contributed by atoms with E-state index < -0.39 is 0 Å². The topological polar surface area (TPSA) is 42.4 Å². The van der Waals surface area contributed by atoms with Crippen LogP contribution in [0.4, 0.5) is 0 Å². The molecule has 6 heteroatoms. The number of piperidine rings is 1. The van der Waals surface area contributed by atoms with E-state index in [2.05, 4.69) is 4.98 Å². The van der Waals surface area contributed by atoms with Gasteiger partial charge in [-0.2, -0.15) is 0 Å². The molecule has 4 nitrogen and oxygen atoms in total. The SMILES string of the molecule is Cc1csc(C(=O)N2CCC[C@@H](Oc3ccncc3Cl)C2)c1. The molecule has 1 atom stereocenters. The second kappa shape index (κ2) is 6.67. The van der Waals surface area contributed by atoms with Gasteiger partial charge in [0.2, 0.25) is 0 Å². The van der Waals surface area contributed by atoms with Crippen molar-refractivity contribution >= 4 is 28.8 Å². The van der Waals surface area contributed by atoms with Crippen molar-refractivity contribution in [3.8, 4) is 5.75 Å². The normalized spacial score (nSPS) is 18.3. The molecule has 0 saturated carbocycles. The van der Waals surface area contributed by atoms with Crippen LogP contribution in [-0.4, -0.2) is 35.0 Å².